The van der Waals surface area contributed by atoms with Gasteiger partial charge in [0, 0.05) is 11.6 Å². The van der Waals surface area contributed by atoms with E-state index in [9.17, 15) is 30.7 Å². The Morgan fingerprint density at radius 3 is 1.36 bits per heavy atom. The second kappa shape index (κ2) is 5.90. The second-order valence-corrected chi connectivity index (χ2v) is 1.99. The molecule has 0 aromatic rings. The van der Waals surface area contributed by atoms with Crippen LogP contribution in [0.1, 0.15) is 0 Å². The minimum atomic E-state index is -4.86. The molecule has 8 heteroatoms. The highest BCUT2D eigenvalue weighted by molar-refractivity contribution is 6.25. The van der Waals surface area contributed by atoms with Gasteiger partial charge >= 0.3 is 12.4 Å². The van der Waals surface area contributed by atoms with Crippen molar-refractivity contribution >= 4 is 11.6 Å². The van der Waals surface area contributed by atoms with Gasteiger partial charge in [0.25, 0.3) is 0 Å². The van der Waals surface area contributed by atoms with Gasteiger partial charge in [-0.2, -0.15) is 26.3 Å². The Morgan fingerprint density at radius 2 is 1.36 bits per heavy atom. The van der Waals surface area contributed by atoms with E-state index in [0.717, 1.165) is 0 Å². The van der Waals surface area contributed by atoms with Gasteiger partial charge in [-0.3, -0.25) is 0 Å². The van der Waals surface area contributed by atoms with Gasteiger partial charge in [0.2, 0.25) is 0 Å². The summed E-state index contributed by atoms with van der Waals surface area (Å²) in [5.41, 5.74) is 0.431. The van der Waals surface area contributed by atoms with E-state index in [0.29, 0.717) is 5.54 Å². The van der Waals surface area contributed by atoms with Crippen molar-refractivity contribution < 1.29 is 30.7 Å². The van der Waals surface area contributed by atoms with E-state index < -0.39 is 18.2 Å². The fourth-order valence-corrected chi connectivity index (χ4v) is 0.214. The number of hydrogen-bond donors (Lipinski definition) is 0. The molecule has 0 aromatic heterocycles. The molecule has 0 nitrogen and oxygen atoms in total. The van der Waals surface area contributed by atoms with Crippen molar-refractivity contribution in [3.63, 3.8) is 0 Å². The first-order valence-corrected chi connectivity index (χ1v) is 3.20. The van der Waals surface area contributed by atoms with Crippen LogP contribution in [0.4, 0.5) is 30.7 Å². The van der Waals surface area contributed by atoms with Crippen molar-refractivity contribution in [2.45, 2.75) is 12.4 Å². The molecule has 0 aliphatic carbocycles. The molecule has 0 aromatic carbocycles. The maximum Gasteiger partial charge on any atom is 0.442 e. The summed E-state index contributed by atoms with van der Waals surface area (Å²) < 4.78 is 75.7. The molecular formula is C6H4ClF7. The second-order valence-electron chi connectivity index (χ2n) is 1.74. The molecule has 0 unspecified atom stereocenters. The van der Waals surface area contributed by atoms with Gasteiger partial charge in [-0.05, 0) is 0 Å². The maximum atomic E-state index is 10.9. The van der Waals surface area contributed by atoms with Crippen molar-refractivity contribution in [2.24, 2.45) is 0 Å². The summed E-state index contributed by atoms with van der Waals surface area (Å²) in [5, 5.41) is 0. The van der Waals surface area contributed by atoms with Crippen LogP contribution in [0.25, 0.3) is 0 Å². The summed E-state index contributed by atoms with van der Waals surface area (Å²) in [7, 11) is 0. The van der Waals surface area contributed by atoms with Crippen LogP contribution in [0.5, 0.6) is 0 Å². The van der Waals surface area contributed by atoms with Crippen LogP contribution in [0.2, 0.25) is 0 Å². The summed E-state index contributed by atoms with van der Waals surface area (Å²) >= 11 is 4.59. The lowest BCUT2D eigenvalue weighted by atomic mass is 10.6. The van der Waals surface area contributed by atoms with E-state index in [1.807, 2.05) is 6.58 Å². The fraction of sp³-hybridized carbons (Fsp3) is 0.333. The van der Waals surface area contributed by atoms with Crippen LogP contribution in [-0.4, -0.2) is 12.4 Å². The van der Waals surface area contributed by atoms with E-state index >= 15 is 0 Å². The van der Waals surface area contributed by atoms with Crippen LogP contribution in [0.3, 0.4) is 0 Å². The topological polar surface area (TPSA) is 0 Å². The van der Waals surface area contributed by atoms with Crippen LogP contribution in [0, 0.1) is 0 Å². The van der Waals surface area contributed by atoms with Gasteiger partial charge in [0.05, 0.1) is 0 Å². The van der Waals surface area contributed by atoms with Gasteiger partial charge in [-0.15, -0.1) is 0 Å². The largest absolute Gasteiger partial charge is 0.442 e. The lowest BCUT2D eigenvalue weighted by Gasteiger charge is -1.97. The van der Waals surface area contributed by atoms with Gasteiger partial charge < -0.3 is 0 Å². The van der Waals surface area contributed by atoms with E-state index in [-0.39, 0.29) is 6.08 Å². The van der Waals surface area contributed by atoms with Crippen LogP contribution in [-0.2, 0) is 0 Å². The summed E-state index contributed by atoms with van der Waals surface area (Å²) in [4.78, 5) is 0. The molecule has 0 rings (SSSR count). The molecule has 0 saturated carbocycles. The van der Waals surface area contributed by atoms with E-state index in [4.69, 9.17) is 0 Å². The standard InChI is InChI=1S/C3H2ClF3.C3H2F4/c4-2-1-3(5,6)7;1-2(4)3(5,6)7/h1-2H;1H2. The van der Waals surface area contributed by atoms with Crippen LogP contribution >= 0.6 is 11.6 Å². The molecular weight excluding hydrogens is 241 g/mol. The molecule has 0 radical (unpaired) electrons. The first-order valence-electron chi connectivity index (χ1n) is 2.77. The number of alkyl halides is 6. The maximum absolute atomic E-state index is 10.9. The van der Waals surface area contributed by atoms with Crippen molar-refractivity contribution in [2.75, 3.05) is 0 Å². The first-order chi connectivity index (χ1) is 6.00. The summed E-state index contributed by atoms with van der Waals surface area (Å²) in [5.74, 6) is -2.26. The SMILES string of the molecule is C=C(F)C(F)(F)F.FC(F)(F)C=CCl. The Bertz CT molecular complexity index is 199. The number of rotatable bonds is 0. The third-order valence-electron chi connectivity index (χ3n) is 0.560. The molecule has 0 amide bonds. The van der Waals surface area contributed by atoms with Gasteiger partial charge in [0.15, 0.2) is 5.83 Å². The highest BCUT2D eigenvalue weighted by atomic mass is 35.5. The Hall–Kier alpha value is -0.720. The van der Waals surface area contributed by atoms with Crippen molar-refractivity contribution in [1.82, 2.24) is 0 Å². The van der Waals surface area contributed by atoms with E-state index in [1.165, 1.54) is 0 Å². The minimum Gasteiger partial charge on any atom is -0.202 e. The van der Waals surface area contributed by atoms with Gasteiger partial charge in [-0.1, -0.05) is 18.2 Å². The Labute approximate surface area is 79.7 Å². The zero-order valence-corrected chi connectivity index (χ0v) is 7.14. The lowest BCUT2D eigenvalue weighted by molar-refractivity contribution is -0.108. The highest BCUT2D eigenvalue weighted by Gasteiger charge is 2.32. The summed E-state index contributed by atoms with van der Waals surface area (Å²) in [6.07, 6.45) is -9.17. The fourth-order valence-electron chi connectivity index (χ4n) is 0.0714. The highest BCUT2D eigenvalue weighted by Crippen LogP contribution is 2.23. The summed E-state index contributed by atoms with van der Waals surface area (Å²) in [6.45, 7) is 2.03. The van der Waals surface area contributed by atoms with E-state index in [1.54, 1.807) is 0 Å². The van der Waals surface area contributed by atoms with Crippen LogP contribution < -0.4 is 0 Å². The van der Waals surface area contributed by atoms with Gasteiger partial charge in [-0.25, -0.2) is 4.39 Å². The predicted molar refractivity (Wildman–Crippen MR) is 37.4 cm³/mol. The average Bonchev–Trinajstić information content (AvgIpc) is 1.82. The van der Waals surface area contributed by atoms with E-state index in [2.05, 4.69) is 11.6 Å². The molecule has 0 fully saturated rings. The first kappa shape index (κ1) is 15.7. The molecule has 0 aliphatic rings. The zero-order chi connectivity index (χ0) is 12.0. The Balaban J connectivity index is 0. The zero-order valence-electron chi connectivity index (χ0n) is 6.39. The molecule has 0 saturated heterocycles. The van der Waals surface area contributed by atoms with Gasteiger partial charge in [0.1, 0.15) is 0 Å². The number of halogens is 8. The lowest BCUT2D eigenvalue weighted by Crippen LogP contribution is -2.05. The molecule has 0 atom stereocenters. The third kappa shape index (κ3) is 13.8. The van der Waals surface area contributed by atoms with Crippen LogP contribution in [0.15, 0.2) is 24.0 Å². The molecule has 84 valence electrons. The molecule has 0 N–H and O–H groups in total. The van der Waals surface area contributed by atoms with Crippen molar-refractivity contribution in [3.8, 4) is 0 Å². The third-order valence-corrected chi connectivity index (χ3v) is 0.686. The quantitative estimate of drug-likeness (QED) is 0.556. The van der Waals surface area contributed by atoms with Crippen molar-refractivity contribution in [3.05, 3.63) is 24.0 Å². The Kier molecular flexibility index (Phi) is 6.63. The molecule has 14 heavy (non-hydrogen) atoms. The average molecular weight is 245 g/mol. The number of allylic oxidation sites excluding steroid dienone is 2. The predicted octanol–water partition coefficient (Wildman–Crippen LogP) is 4.33. The Morgan fingerprint density at radius 1 is 1.07 bits per heavy atom. The monoisotopic (exact) mass is 244 g/mol. The minimum absolute atomic E-state index is 0.0471. The molecule has 0 heterocycles. The number of hydrogen-bond acceptors (Lipinski definition) is 0. The molecule has 0 bridgehead atoms. The smallest absolute Gasteiger partial charge is 0.202 e. The van der Waals surface area contributed by atoms with Crippen molar-refractivity contribution in [1.29, 1.82) is 0 Å². The summed E-state index contributed by atoms with van der Waals surface area (Å²) in [6, 6.07) is 0. The molecule has 0 spiro atoms. The normalized spacial score (nSPS) is 12.3. The molecule has 0 aliphatic heterocycles.